The first-order valence-corrected chi connectivity index (χ1v) is 7.21. The third-order valence-corrected chi connectivity index (χ3v) is 3.64. The van der Waals surface area contributed by atoms with Crippen molar-refractivity contribution < 1.29 is 14.6 Å². The van der Waals surface area contributed by atoms with E-state index in [2.05, 4.69) is 11.8 Å². The van der Waals surface area contributed by atoms with Gasteiger partial charge in [0, 0.05) is 5.56 Å². The van der Waals surface area contributed by atoms with Crippen molar-refractivity contribution in [3.05, 3.63) is 29.3 Å². The van der Waals surface area contributed by atoms with Crippen molar-refractivity contribution in [2.24, 2.45) is 0 Å². The minimum Gasteiger partial charge on any atom is -0.497 e. The van der Waals surface area contributed by atoms with E-state index < -0.39 is 0 Å². The third-order valence-electron chi connectivity index (χ3n) is 3.64. The summed E-state index contributed by atoms with van der Waals surface area (Å²) in [4.78, 5) is 0. The summed E-state index contributed by atoms with van der Waals surface area (Å²) < 4.78 is 11.3. The van der Waals surface area contributed by atoms with E-state index in [1.807, 2.05) is 18.2 Å². The average Bonchev–Trinajstić information content (AvgIpc) is 2.52. The molecule has 3 heteroatoms. The summed E-state index contributed by atoms with van der Waals surface area (Å²) in [5.74, 6) is 6.46. The Morgan fingerprint density at radius 2 is 2.05 bits per heavy atom. The van der Waals surface area contributed by atoms with Gasteiger partial charge < -0.3 is 14.6 Å². The van der Waals surface area contributed by atoms with Crippen LogP contribution < -0.4 is 4.74 Å². The Bertz CT molecular complexity index is 479. The minimum atomic E-state index is -0.130. The van der Waals surface area contributed by atoms with Crippen LogP contribution in [0.3, 0.4) is 0 Å². The molecule has 1 aromatic carbocycles. The summed E-state index contributed by atoms with van der Waals surface area (Å²) >= 11 is 0. The SMILES string of the molecule is COc1ccc(C#CCO)c(COC2CCCCC2)c1. The van der Waals surface area contributed by atoms with Gasteiger partial charge in [0.2, 0.25) is 0 Å². The van der Waals surface area contributed by atoms with Crippen LogP contribution in [0.1, 0.15) is 43.2 Å². The number of benzene rings is 1. The Morgan fingerprint density at radius 1 is 1.25 bits per heavy atom. The standard InChI is InChI=1S/C17H22O3/c1-19-17-10-9-14(6-5-11-18)15(12-17)13-20-16-7-3-2-4-8-16/h9-10,12,16,18H,2-4,7-8,11,13H2,1H3. The molecule has 108 valence electrons. The van der Waals surface area contributed by atoms with Crippen LogP contribution in [0.25, 0.3) is 0 Å². The van der Waals surface area contributed by atoms with Gasteiger partial charge in [-0.05, 0) is 36.6 Å². The molecule has 1 aliphatic carbocycles. The highest BCUT2D eigenvalue weighted by atomic mass is 16.5. The van der Waals surface area contributed by atoms with Crippen molar-refractivity contribution >= 4 is 0 Å². The molecule has 3 nitrogen and oxygen atoms in total. The highest BCUT2D eigenvalue weighted by Gasteiger charge is 2.14. The van der Waals surface area contributed by atoms with Gasteiger partial charge in [0.05, 0.1) is 19.8 Å². The molecular weight excluding hydrogens is 252 g/mol. The van der Waals surface area contributed by atoms with E-state index in [0.29, 0.717) is 12.7 Å². The second-order valence-electron chi connectivity index (χ2n) is 5.05. The molecule has 1 saturated carbocycles. The first-order chi connectivity index (χ1) is 9.83. The van der Waals surface area contributed by atoms with E-state index in [4.69, 9.17) is 14.6 Å². The molecule has 1 aromatic rings. The number of ether oxygens (including phenoxy) is 2. The predicted octanol–water partition coefficient (Wildman–Crippen LogP) is 2.89. The molecule has 0 bridgehead atoms. The second-order valence-corrected chi connectivity index (χ2v) is 5.05. The fraction of sp³-hybridized carbons (Fsp3) is 0.529. The summed E-state index contributed by atoms with van der Waals surface area (Å²) in [5, 5.41) is 8.82. The Balaban J connectivity index is 2.06. The monoisotopic (exact) mass is 274 g/mol. The van der Waals surface area contributed by atoms with Crippen LogP contribution in [0.5, 0.6) is 5.75 Å². The zero-order chi connectivity index (χ0) is 14.2. The Hall–Kier alpha value is -1.50. The highest BCUT2D eigenvalue weighted by Crippen LogP contribution is 2.23. The second kappa shape index (κ2) is 7.94. The van der Waals surface area contributed by atoms with Crippen molar-refractivity contribution in [1.29, 1.82) is 0 Å². The van der Waals surface area contributed by atoms with E-state index in [-0.39, 0.29) is 6.61 Å². The van der Waals surface area contributed by atoms with Gasteiger partial charge in [0.1, 0.15) is 12.4 Å². The number of hydrogen-bond acceptors (Lipinski definition) is 3. The van der Waals surface area contributed by atoms with Gasteiger partial charge in [-0.3, -0.25) is 0 Å². The summed E-state index contributed by atoms with van der Waals surface area (Å²) in [5.41, 5.74) is 1.92. The molecule has 0 radical (unpaired) electrons. The average molecular weight is 274 g/mol. The molecule has 1 fully saturated rings. The van der Waals surface area contributed by atoms with E-state index in [9.17, 15) is 0 Å². The fourth-order valence-electron chi connectivity index (χ4n) is 2.51. The molecule has 0 amide bonds. The molecule has 0 spiro atoms. The van der Waals surface area contributed by atoms with Crippen molar-refractivity contribution in [2.45, 2.75) is 44.8 Å². The number of aliphatic hydroxyl groups is 1. The normalized spacial score (nSPS) is 15.5. The maximum atomic E-state index is 8.82. The maximum absolute atomic E-state index is 8.82. The van der Waals surface area contributed by atoms with Crippen molar-refractivity contribution in [2.75, 3.05) is 13.7 Å². The van der Waals surface area contributed by atoms with E-state index >= 15 is 0 Å². The highest BCUT2D eigenvalue weighted by molar-refractivity contribution is 5.45. The van der Waals surface area contributed by atoms with Crippen LogP contribution >= 0.6 is 0 Å². The molecular formula is C17H22O3. The summed E-state index contributed by atoms with van der Waals surface area (Å²) in [7, 11) is 1.65. The number of hydrogen-bond donors (Lipinski definition) is 1. The van der Waals surface area contributed by atoms with E-state index in [1.165, 1.54) is 19.3 Å². The molecule has 0 saturated heterocycles. The Labute approximate surface area is 120 Å². The van der Waals surface area contributed by atoms with Gasteiger partial charge in [-0.25, -0.2) is 0 Å². The molecule has 20 heavy (non-hydrogen) atoms. The van der Waals surface area contributed by atoms with Gasteiger partial charge in [0.25, 0.3) is 0 Å². The van der Waals surface area contributed by atoms with Gasteiger partial charge in [0.15, 0.2) is 0 Å². The molecule has 0 unspecified atom stereocenters. The van der Waals surface area contributed by atoms with Crippen LogP contribution in [-0.4, -0.2) is 24.9 Å². The largest absolute Gasteiger partial charge is 0.497 e. The molecule has 0 aromatic heterocycles. The minimum absolute atomic E-state index is 0.130. The Kier molecular flexibility index (Phi) is 5.91. The van der Waals surface area contributed by atoms with Crippen molar-refractivity contribution in [1.82, 2.24) is 0 Å². The zero-order valence-electron chi connectivity index (χ0n) is 12.0. The van der Waals surface area contributed by atoms with Crippen LogP contribution in [0.2, 0.25) is 0 Å². The smallest absolute Gasteiger partial charge is 0.119 e. The molecule has 0 atom stereocenters. The lowest BCUT2D eigenvalue weighted by molar-refractivity contribution is 0.0167. The Morgan fingerprint density at radius 3 is 2.75 bits per heavy atom. The summed E-state index contributed by atoms with van der Waals surface area (Å²) in [6.45, 7) is 0.423. The van der Waals surface area contributed by atoms with E-state index in [1.54, 1.807) is 7.11 Å². The molecule has 1 aliphatic rings. The van der Waals surface area contributed by atoms with Crippen molar-refractivity contribution in [3.63, 3.8) is 0 Å². The van der Waals surface area contributed by atoms with Gasteiger partial charge >= 0.3 is 0 Å². The number of methoxy groups -OCH3 is 1. The maximum Gasteiger partial charge on any atom is 0.119 e. The predicted molar refractivity (Wildman–Crippen MR) is 78.6 cm³/mol. The number of rotatable bonds is 4. The summed E-state index contributed by atoms with van der Waals surface area (Å²) in [6.07, 6.45) is 6.53. The molecule has 0 aliphatic heterocycles. The topological polar surface area (TPSA) is 38.7 Å². The lowest BCUT2D eigenvalue weighted by Gasteiger charge is -2.22. The van der Waals surface area contributed by atoms with E-state index in [0.717, 1.165) is 29.7 Å². The van der Waals surface area contributed by atoms with Gasteiger partial charge in [-0.15, -0.1) is 0 Å². The third kappa shape index (κ3) is 4.26. The summed E-state index contributed by atoms with van der Waals surface area (Å²) in [6, 6.07) is 5.76. The van der Waals surface area contributed by atoms with Crippen LogP contribution in [0, 0.1) is 11.8 Å². The number of aliphatic hydroxyl groups excluding tert-OH is 1. The molecule has 1 N–H and O–H groups in total. The van der Waals surface area contributed by atoms with Gasteiger partial charge in [-0.2, -0.15) is 0 Å². The van der Waals surface area contributed by atoms with Crippen LogP contribution in [0.4, 0.5) is 0 Å². The lowest BCUT2D eigenvalue weighted by atomic mass is 9.98. The van der Waals surface area contributed by atoms with Crippen molar-refractivity contribution in [3.8, 4) is 17.6 Å². The lowest BCUT2D eigenvalue weighted by Crippen LogP contribution is -2.16. The first-order valence-electron chi connectivity index (χ1n) is 7.21. The quantitative estimate of drug-likeness (QED) is 0.858. The van der Waals surface area contributed by atoms with Crippen LogP contribution in [-0.2, 0) is 11.3 Å². The van der Waals surface area contributed by atoms with Crippen LogP contribution in [0.15, 0.2) is 18.2 Å². The van der Waals surface area contributed by atoms with Gasteiger partial charge in [-0.1, -0.05) is 31.1 Å². The fourth-order valence-corrected chi connectivity index (χ4v) is 2.51. The molecule has 0 heterocycles. The zero-order valence-corrected chi connectivity index (χ0v) is 12.0. The molecule has 2 rings (SSSR count). The first kappa shape index (κ1) is 14.9.